The summed E-state index contributed by atoms with van der Waals surface area (Å²) in [7, 11) is 0. The summed E-state index contributed by atoms with van der Waals surface area (Å²) in [6.45, 7) is 0. The van der Waals surface area contributed by atoms with Crippen LogP contribution in [0.2, 0.25) is 0 Å². The highest BCUT2D eigenvalue weighted by Gasteiger charge is 2.22. The van der Waals surface area contributed by atoms with E-state index in [0.29, 0.717) is 0 Å². The standard InChI is InChI=1S/C46H29N5/c1-3-15-34(16-4-1)50-39-21-9-7-19-37(39)47-45(50)32-27-33(46-48-38-20-8-10-22-40(38)51(46)35-17-5-2-6-18-35)29-36(28-32)49-41-23-11-13-30-25-26-31-14-12-24-42(49)44(31)43(30)41/h1-29H. The number of hydrogen-bond donors (Lipinski definition) is 0. The van der Waals surface area contributed by atoms with Gasteiger partial charge in [-0.25, -0.2) is 9.97 Å². The van der Waals surface area contributed by atoms with E-state index in [1.807, 2.05) is 0 Å². The molecular formula is C46H29N5. The Morgan fingerprint density at radius 3 is 1.24 bits per heavy atom. The van der Waals surface area contributed by atoms with Gasteiger partial charge in [0.2, 0.25) is 0 Å². The van der Waals surface area contributed by atoms with Crippen LogP contribution in [0, 0.1) is 0 Å². The lowest BCUT2D eigenvalue weighted by molar-refractivity contribution is 1.09. The fraction of sp³-hybridized carbons (Fsp3) is 0. The van der Waals surface area contributed by atoms with E-state index in [1.54, 1.807) is 0 Å². The van der Waals surface area contributed by atoms with Gasteiger partial charge >= 0.3 is 0 Å². The molecule has 11 rings (SSSR count). The van der Waals surface area contributed by atoms with Crippen molar-refractivity contribution >= 4 is 54.6 Å². The van der Waals surface area contributed by atoms with Gasteiger partial charge in [0.15, 0.2) is 0 Å². The number of imidazole rings is 2. The van der Waals surface area contributed by atoms with Crippen molar-refractivity contribution in [3.8, 4) is 39.8 Å². The minimum atomic E-state index is 0.876. The fourth-order valence-corrected chi connectivity index (χ4v) is 8.01. The molecule has 51 heavy (non-hydrogen) atoms. The van der Waals surface area contributed by atoms with E-state index in [4.69, 9.17) is 9.97 Å². The molecule has 0 spiro atoms. The molecule has 0 fully saturated rings. The van der Waals surface area contributed by atoms with Crippen LogP contribution in [0.1, 0.15) is 0 Å². The maximum absolute atomic E-state index is 5.32. The molecule has 0 saturated heterocycles. The Hall–Kier alpha value is -6.98. The maximum Gasteiger partial charge on any atom is 0.145 e. The van der Waals surface area contributed by atoms with Crippen molar-refractivity contribution in [3.63, 3.8) is 0 Å². The average molecular weight is 652 g/mol. The Bertz CT molecular complexity index is 2870. The second-order valence-electron chi connectivity index (χ2n) is 13.1. The smallest absolute Gasteiger partial charge is 0.145 e. The second-order valence-corrected chi connectivity index (χ2v) is 13.1. The van der Waals surface area contributed by atoms with Gasteiger partial charge in [0, 0.05) is 39.0 Å². The monoisotopic (exact) mass is 651 g/mol. The zero-order chi connectivity index (χ0) is 33.5. The van der Waals surface area contributed by atoms with Crippen molar-refractivity contribution in [1.29, 1.82) is 0 Å². The number of fused-ring (bicyclic) bond motifs is 2. The van der Waals surface area contributed by atoms with Crippen LogP contribution in [0.3, 0.4) is 0 Å². The van der Waals surface area contributed by atoms with Crippen LogP contribution in [-0.2, 0) is 0 Å². The molecule has 0 saturated carbocycles. The molecule has 0 aliphatic rings. The van der Waals surface area contributed by atoms with Gasteiger partial charge in [0.1, 0.15) is 11.6 Å². The van der Waals surface area contributed by atoms with E-state index < -0.39 is 0 Å². The van der Waals surface area contributed by atoms with Gasteiger partial charge in [0.05, 0.1) is 33.1 Å². The zero-order valence-corrected chi connectivity index (χ0v) is 27.5. The lowest BCUT2D eigenvalue weighted by Crippen LogP contribution is -2.02. The summed E-state index contributed by atoms with van der Waals surface area (Å²) in [4.78, 5) is 10.6. The summed E-state index contributed by atoms with van der Waals surface area (Å²) in [5.41, 5.74) is 11.6. The summed E-state index contributed by atoms with van der Waals surface area (Å²) in [6.07, 6.45) is 0. The van der Waals surface area contributed by atoms with E-state index in [2.05, 4.69) is 190 Å². The van der Waals surface area contributed by atoms with Crippen molar-refractivity contribution in [1.82, 2.24) is 23.7 Å². The summed E-state index contributed by atoms with van der Waals surface area (Å²) >= 11 is 0. The Kier molecular flexibility index (Phi) is 5.89. The highest BCUT2D eigenvalue weighted by Crippen LogP contribution is 2.41. The largest absolute Gasteiger partial charge is 0.309 e. The van der Waals surface area contributed by atoms with Crippen LogP contribution in [0.5, 0.6) is 0 Å². The third-order valence-corrected chi connectivity index (χ3v) is 10.2. The normalized spacial score (nSPS) is 11.9. The van der Waals surface area contributed by atoms with Crippen molar-refractivity contribution in [3.05, 3.63) is 176 Å². The molecule has 0 bridgehead atoms. The average Bonchev–Trinajstić information content (AvgIpc) is 3.89. The van der Waals surface area contributed by atoms with Crippen LogP contribution in [0.15, 0.2) is 176 Å². The van der Waals surface area contributed by atoms with Gasteiger partial charge in [-0.05, 0) is 89.6 Å². The van der Waals surface area contributed by atoms with Gasteiger partial charge in [-0.3, -0.25) is 9.13 Å². The number of aromatic nitrogens is 5. The molecule has 5 heteroatoms. The first-order chi connectivity index (χ1) is 25.3. The summed E-state index contributed by atoms with van der Waals surface area (Å²) in [5.74, 6) is 1.75. The minimum Gasteiger partial charge on any atom is -0.309 e. The Morgan fingerprint density at radius 1 is 0.314 bits per heavy atom. The van der Waals surface area contributed by atoms with E-state index in [-0.39, 0.29) is 0 Å². The van der Waals surface area contributed by atoms with Crippen LogP contribution in [0.25, 0.3) is 94.5 Å². The summed E-state index contributed by atoms with van der Waals surface area (Å²) in [6, 6.07) is 62.4. The Balaban J connectivity index is 1.28. The predicted molar refractivity (Wildman–Crippen MR) is 210 cm³/mol. The van der Waals surface area contributed by atoms with Crippen LogP contribution >= 0.6 is 0 Å². The number of para-hydroxylation sites is 6. The van der Waals surface area contributed by atoms with E-state index >= 15 is 0 Å². The van der Waals surface area contributed by atoms with Gasteiger partial charge in [-0.1, -0.05) is 97.1 Å². The first-order valence-corrected chi connectivity index (χ1v) is 17.3. The lowest BCUT2D eigenvalue weighted by Gasteiger charge is -2.16. The van der Waals surface area contributed by atoms with Crippen LogP contribution < -0.4 is 0 Å². The molecular weight excluding hydrogens is 623 g/mol. The zero-order valence-electron chi connectivity index (χ0n) is 27.5. The highest BCUT2D eigenvalue weighted by molar-refractivity contribution is 6.24. The highest BCUT2D eigenvalue weighted by atomic mass is 15.1. The number of hydrogen-bond acceptors (Lipinski definition) is 2. The van der Waals surface area contributed by atoms with Crippen molar-refractivity contribution in [2.45, 2.75) is 0 Å². The van der Waals surface area contributed by atoms with Gasteiger partial charge in [-0.2, -0.15) is 0 Å². The van der Waals surface area contributed by atoms with Crippen molar-refractivity contribution < 1.29 is 0 Å². The third kappa shape index (κ3) is 4.15. The molecule has 0 atom stereocenters. The van der Waals surface area contributed by atoms with E-state index in [1.165, 1.54) is 32.6 Å². The second kappa shape index (κ2) is 10.8. The summed E-state index contributed by atoms with van der Waals surface area (Å²) in [5, 5.41) is 5.04. The van der Waals surface area contributed by atoms with Gasteiger partial charge in [0.25, 0.3) is 0 Å². The van der Waals surface area contributed by atoms with Gasteiger partial charge in [-0.15, -0.1) is 0 Å². The molecule has 0 N–H and O–H groups in total. The number of rotatable bonds is 5. The third-order valence-electron chi connectivity index (χ3n) is 10.2. The van der Waals surface area contributed by atoms with Crippen LogP contribution in [0.4, 0.5) is 0 Å². The summed E-state index contributed by atoms with van der Waals surface area (Å²) < 4.78 is 6.97. The van der Waals surface area contributed by atoms with Crippen molar-refractivity contribution in [2.75, 3.05) is 0 Å². The maximum atomic E-state index is 5.32. The van der Waals surface area contributed by atoms with E-state index in [9.17, 15) is 0 Å². The number of benzene rings is 8. The molecule has 0 aliphatic heterocycles. The predicted octanol–water partition coefficient (Wildman–Crippen LogP) is 11.4. The molecule has 3 aromatic heterocycles. The molecule has 0 radical (unpaired) electrons. The number of nitrogens with zero attached hydrogens (tertiary/aromatic N) is 5. The lowest BCUT2D eigenvalue weighted by atomic mass is 10.0. The molecule has 0 aliphatic carbocycles. The SMILES string of the molecule is c1ccc(-n2c(-c3cc(-c4nc5ccccc5n4-c4ccccc4)cc(-n4c5cccc6ccc7cccc4c7c65)c3)nc3ccccc32)cc1. The Labute approximate surface area is 293 Å². The van der Waals surface area contributed by atoms with Gasteiger partial charge < -0.3 is 4.57 Å². The fourth-order valence-electron chi connectivity index (χ4n) is 8.01. The van der Waals surface area contributed by atoms with Crippen molar-refractivity contribution in [2.24, 2.45) is 0 Å². The molecule has 8 aromatic carbocycles. The molecule has 3 heterocycles. The quantitative estimate of drug-likeness (QED) is 0.174. The first-order valence-electron chi connectivity index (χ1n) is 17.3. The first kappa shape index (κ1) is 27.9. The topological polar surface area (TPSA) is 40.6 Å². The molecule has 5 nitrogen and oxygen atoms in total. The van der Waals surface area contributed by atoms with Crippen LogP contribution in [-0.4, -0.2) is 23.7 Å². The molecule has 11 aromatic rings. The minimum absolute atomic E-state index is 0.876. The van der Waals surface area contributed by atoms with E-state index in [0.717, 1.165) is 61.9 Å². The Morgan fingerprint density at radius 2 is 0.745 bits per heavy atom. The molecule has 0 amide bonds. The molecule has 0 unspecified atom stereocenters. The molecule has 238 valence electrons.